The van der Waals surface area contributed by atoms with Gasteiger partial charge in [-0.05, 0) is 38.1 Å². The van der Waals surface area contributed by atoms with E-state index in [0.29, 0.717) is 0 Å². The molecule has 2 saturated carbocycles. The van der Waals surface area contributed by atoms with Crippen LogP contribution in [0.5, 0.6) is 0 Å². The van der Waals surface area contributed by atoms with E-state index < -0.39 is 0 Å². The molecule has 0 aromatic rings. The molecule has 0 amide bonds. The topological polar surface area (TPSA) is 15.3 Å². The van der Waals surface area contributed by atoms with Crippen LogP contribution in [0.15, 0.2) is 0 Å². The number of rotatable bonds is 4. The van der Waals surface area contributed by atoms with Crippen molar-refractivity contribution in [2.24, 2.45) is 5.92 Å². The van der Waals surface area contributed by atoms with Gasteiger partial charge in [-0.25, -0.2) is 0 Å². The Morgan fingerprint density at radius 3 is 2.47 bits per heavy atom. The smallest absolute Gasteiger partial charge is 0.0136 e. The second kappa shape index (κ2) is 4.64. The standard InChI is InChI=1S/C12H22N2S/c1-4-12(14-5-7-15-8-6-14)10(1)9-13-11-2-3-11/h10-13H,1-9H2. The molecule has 3 heteroatoms. The molecular formula is C12H22N2S. The van der Waals surface area contributed by atoms with Crippen molar-refractivity contribution in [2.75, 3.05) is 31.1 Å². The average Bonchev–Trinajstić information content (AvgIpc) is 3.02. The molecule has 1 aliphatic heterocycles. The molecule has 0 aromatic heterocycles. The predicted octanol–water partition coefficient (Wildman–Crippen LogP) is 1.57. The van der Waals surface area contributed by atoms with E-state index in [9.17, 15) is 0 Å². The molecule has 1 N–H and O–H groups in total. The van der Waals surface area contributed by atoms with Crippen LogP contribution in [0.3, 0.4) is 0 Å². The van der Waals surface area contributed by atoms with Gasteiger partial charge in [0.1, 0.15) is 0 Å². The molecule has 86 valence electrons. The zero-order valence-electron chi connectivity index (χ0n) is 9.45. The van der Waals surface area contributed by atoms with Crippen LogP contribution in [0.25, 0.3) is 0 Å². The van der Waals surface area contributed by atoms with Gasteiger partial charge in [-0.3, -0.25) is 4.90 Å². The fourth-order valence-electron chi connectivity index (χ4n) is 2.78. The third-order valence-electron chi connectivity index (χ3n) is 4.14. The Labute approximate surface area is 97.2 Å². The maximum Gasteiger partial charge on any atom is 0.0136 e. The lowest BCUT2D eigenvalue weighted by molar-refractivity contribution is 0.0701. The lowest BCUT2D eigenvalue weighted by atomic mass is 9.78. The number of hydrogen-bond donors (Lipinski definition) is 1. The third kappa shape index (κ3) is 2.51. The van der Waals surface area contributed by atoms with Crippen molar-refractivity contribution in [3.63, 3.8) is 0 Å². The highest BCUT2D eigenvalue weighted by molar-refractivity contribution is 7.99. The van der Waals surface area contributed by atoms with E-state index in [-0.39, 0.29) is 0 Å². The van der Waals surface area contributed by atoms with Crippen molar-refractivity contribution in [2.45, 2.75) is 37.8 Å². The Morgan fingerprint density at radius 2 is 1.87 bits per heavy atom. The van der Waals surface area contributed by atoms with Crippen LogP contribution < -0.4 is 5.32 Å². The predicted molar refractivity (Wildman–Crippen MR) is 66.4 cm³/mol. The fraction of sp³-hybridized carbons (Fsp3) is 1.00. The summed E-state index contributed by atoms with van der Waals surface area (Å²) in [7, 11) is 0. The summed E-state index contributed by atoms with van der Waals surface area (Å²) in [6.45, 7) is 3.98. The van der Waals surface area contributed by atoms with Gasteiger partial charge >= 0.3 is 0 Å². The van der Waals surface area contributed by atoms with Crippen LogP contribution >= 0.6 is 11.8 Å². The summed E-state index contributed by atoms with van der Waals surface area (Å²) in [5.41, 5.74) is 0. The summed E-state index contributed by atoms with van der Waals surface area (Å²) in [5, 5.41) is 3.70. The van der Waals surface area contributed by atoms with Crippen molar-refractivity contribution in [1.29, 1.82) is 0 Å². The Balaban J connectivity index is 1.43. The van der Waals surface area contributed by atoms with Crippen LogP contribution in [0.1, 0.15) is 25.7 Å². The molecule has 2 atom stereocenters. The number of thioether (sulfide) groups is 1. The van der Waals surface area contributed by atoms with E-state index >= 15 is 0 Å². The quantitative estimate of drug-likeness (QED) is 0.783. The van der Waals surface area contributed by atoms with Gasteiger partial charge in [0.25, 0.3) is 0 Å². The maximum absolute atomic E-state index is 3.70. The van der Waals surface area contributed by atoms with E-state index in [1.54, 1.807) is 0 Å². The van der Waals surface area contributed by atoms with E-state index in [2.05, 4.69) is 22.0 Å². The SMILES string of the molecule is C1CN(C2CCC2CNC2CC2)CCS1. The molecule has 2 nitrogen and oxygen atoms in total. The first-order valence-corrected chi connectivity index (χ1v) is 7.64. The molecule has 0 spiro atoms. The summed E-state index contributed by atoms with van der Waals surface area (Å²) >= 11 is 2.12. The van der Waals surface area contributed by atoms with Gasteiger partial charge in [-0.2, -0.15) is 11.8 Å². The normalized spacial score (nSPS) is 37.6. The van der Waals surface area contributed by atoms with Crippen molar-refractivity contribution < 1.29 is 0 Å². The number of hydrogen-bond acceptors (Lipinski definition) is 3. The molecule has 1 heterocycles. The van der Waals surface area contributed by atoms with Crippen molar-refractivity contribution >= 4 is 11.8 Å². The summed E-state index contributed by atoms with van der Waals surface area (Å²) in [6.07, 6.45) is 5.78. The van der Waals surface area contributed by atoms with Crippen LogP contribution in [-0.4, -0.2) is 48.1 Å². The van der Waals surface area contributed by atoms with Gasteiger partial charge in [0.15, 0.2) is 0 Å². The molecule has 0 aromatic carbocycles. The van der Waals surface area contributed by atoms with E-state index in [4.69, 9.17) is 0 Å². The highest BCUT2D eigenvalue weighted by atomic mass is 32.2. The lowest BCUT2D eigenvalue weighted by Crippen LogP contribution is -2.53. The molecule has 0 radical (unpaired) electrons. The Morgan fingerprint density at radius 1 is 1.07 bits per heavy atom. The second-order valence-electron chi connectivity index (χ2n) is 5.24. The molecule has 3 fully saturated rings. The van der Waals surface area contributed by atoms with Gasteiger partial charge in [0.05, 0.1) is 0 Å². The fourth-order valence-corrected chi connectivity index (χ4v) is 3.72. The van der Waals surface area contributed by atoms with Crippen LogP contribution in [0.4, 0.5) is 0 Å². The monoisotopic (exact) mass is 226 g/mol. The summed E-state index contributed by atoms with van der Waals surface area (Å²) in [5.74, 6) is 3.69. The third-order valence-corrected chi connectivity index (χ3v) is 5.08. The van der Waals surface area contributed by atoms with Crippen molar-refractivity contribution in [3.05, 3.63) is 0 Å². The minimum atomic E-state index is 0.892. The van der Waals surface area contributed by atoms with E-state index in [1.807, 2.05) is 0 Å². The van der Waals surface area contributed by atoms with Gasteiger partial charge < -0.3 is 5.32 Å². The summed E-state index contributed by atoms with van der Waals surface area (Å²) < 4.78 is 0. The number of nitrogens with one attached hydrogen (secondary N) is 1. The Hall–Kier alpha value is 0.270. The summed E-state index contributed by atoms with van der Waals surface area (Å²) in [6, 6.07) is 1.82. The first-order chi connectivity index (χ1) is 7.43. The molecule has 3 aliphatic rings. The highest BCUT2D eigenvalue weighted by Gasteiger charge is 2.36. The molecule has 3 rings (SSSR count). The molecule has 1 saturated heterocycles. The summed E-state index contributed by atoms with van der Waals surface area (Å²) in [4.78, 5) is 2.75. The lowest BCUT2D eigenvalue weighted by Gasteiger charge is -2.46. The van der Waals surface area contributed by atoms with E-state index in [1.165, 1.54) is 56.8 Å². The van der Waals surface area contributed by atoms with Gasteiger partial charge in [0, 0.05) is 36.7 Å². The molecule has 0 bridgehead atoms. The largest absolute Gasteiger partial charge is 0.314 e. The Kier molecular flexibility index (Phi) is 3.23. The first-order valence-electron chi connectivity index (χ1n) is 6.48. The van der Waals surface area contributed by atoms with Gasteiger partial charge in [-0.1, -0.05) is 0 Å². The van der Waals surface area contributed by atoms with Gasteiger partial charge in [0.2, 0.25) is 0 Å². The van der Waals surface area contributed by atoms with E-state index in [0.717, 1.165) is 18.0 Å². The van der Waals surface area contributed by atoms with Crippen molar-refractivity contribution in [1.82, 2.24) is 10.2 Å². The van der Waals surface area contributed by atoms with Crippen molar-refractivity contribution in [3.8, 4) is 0 Å². The van der Waals surface area contributed by atoms with Crippen LogP contribution in [-0.2, 0) is 0 Å². The van der Waals surface area contributed by atoms with Gasteiger partial charge in [-0.15, -0.1) is 0 Å². The van der Waals surface area contributed by atoms with Crippen LogP contribution in [0, 0.1) is 5.92 Å². The molecular weight excluding hydrogens is 204 g/mol. The molecule has 2 unspecified atom stereocenters. The maximum atomic E-state index is 3.70. The molecule has 15 heavy (non-hydrogen) atoms. The second-order valence-corrected chi connectivity index (χ2v) is 6.46. The number of nitrogens with zero attached hydrogens (tertiary/aromatic N) is 1. The minimum Gasteiger partial charge on any atom is -0.314 e. The zero-order chi connectivity index (χ0) is 10.1. The first kappa shape index (κ1) is 10.4. The average molecular weight is 226 g/mol. The minimum absolute atomic E-state index is 0.892. The molecule has 2 aliphatic carbocycles. The zero-order valence-corrected chi connectivity index (χ0v) is 10.3. The highest BCUT2D eigenvalue weighted by Crippen LogP contribution is 2.33. The Bertz CT molecular complexity index is 212. The van der Waals surface area contributed by atoms with Crippen LogP contribution in [0.2, 0.25) is 0 Å².